The Kier molecular flexibility index (Phi) is 4.17. The van der Waals surface area contributed by atoms with Crippen molar-refractivity contribution in [2.75, 3.05) is 7.11 Å². The van der Waals surface area contributed by atoms with Gasteiger partial charge in [-0.1, -0.05) is 0 Å². The van der Waals surface area contributed by atoms with E-state index in [1.165, 1.54) is 7.11 Å². The van der Waals surface area contributed by atoms with E-state index in [0.29, 0.717) is 0 Å². The van der Waals surface area contributed by atoms with Crippen molar-refractivity contribution in [1.29, 1.82) is 0 Å². The molecule has 0 aromatic carbocycles. The van der Waals surface area contributed by atoms with Crippen molar-refractivity contribution in [1.82, 2.24) is 4.98 Å². The Morgan fingerprint density at radius 1 is 1.53 bits per heavy atom. The molecule has 0 N–H and O–H groups in total. The first-order chi connectivity index (χ1) is 7.92. The minimum Gasteiger partial charge on any atom is -0.480 e. The molecule has 0 aliphatic carbocycles. The second-order valence-corrected chi connectivity index (χ2v) is 3.10. The van der Waals surface area contributed by atoms with E-state index in [9.17, 15) is 18.0 Å². The summed E-state index contributed by atoms with van der Waals surface area (Å²) in [7, 11) is 1.17. The van der Waals surface area contributed by atoms with Crippen LogP contribution in [0.3, 0.4) is 0 Å². The number of ether oxygens (including phenoxy) is 2. The van der Waals surface area contributed by atoms with E-state index in [2.05, 4.69) is 14.5 Å². The molecule has 0 unspecified atom stereocenters. The van der Waals surface area contributed by atoms with Gasteiger partial charge in [-0.15, -0.1) is 24.8 Å². The number of aldehydes is 1. The topological polar surface area (TPSA) is 48.4 Å². The third kappa shape index (κ3) is 3.23. The molecule has 0 saturated heterocycles. The Bertz CT molecular complexity index is 423. The first kappa shape index (κ1) is 13.6. The molecule has 0 bridgehead atoms. The molecule has 1 heterocycles. The largest absolute Gasteiger partial charge is 0.573 e. The van der Waals surface area contributed by atoms with Gasteiger partial charge in [0, 0.05) is 11.8 Å². The average Bonchev–Trinajstić information content (AvgIpc) is 2.26. The molecule has 1 aromatic heterocycles. The quantitative estimate of drug-likeness (QED) is 0.622. The Labute approximate surface area is 99.3 Å². The summed E-state index contributed by atoms with van der Waals surface area (Å²) in [6.07, 6.45) is -3.70. The van der Waals surface area contributed by atoms with Crippen molar-refractivity contribution in [2.45, 2.75) is 12.2 Å². The predicted octanol–water partition coefficient (Wildman–Crippen LogP) is 2.54. The normalized spacial score (nSPS) is 11.1. The maximum atomic E-state index is 12.2. The van der Waals surface area contributed by atoms with Gasteiger partial charge in [0.25, 0.3) is 0 Å². The van der Waals surface area contributed by atoms with Gasteiger partial charge in [0.2, 0.25) is 5.88 Å². The van der Waals surface area contributed by atoms with Crippen molar-refractivity contribution in [2.24, 2.45) is 0 Å². The van der Waals surface area contributed by atoms with Crippen LogP contribution < -0.4 is 9.47 Å². The molecule has 1 rings (SSSR count). The van der Waals surface area contributed by atoms with Crippen LogP contribution in [-0.4, -0.2) is 24.7 Å². The summed E-state index contributed by atoms with van der Waals surface area (Å²) < 4.78 is 44.9. The molecule has 4 nitrogen and oxygen atoms in total. The maximum Gasteiger partial charge on any atom is 0.573 e. The van der Waals surface area contributed by atoms with Gasteiger partial charge in [-0.2, -0.15) is 0 Å². The lowest BCUT2D eigenvalue weighted by atomic mass is 10.2. The van der Waals surface area contributed by atoms with Crippen LogP contribution in [0.15, 0.2) is 6.20 Å². The summed E-state index contributed by atoms with van der Waals surface area (Å²) in [5.74, 6) is -1.22. The van der Waals surface area contributed by atoms with Crippen LogP contribution in [0.1, 0.15) is 15.9 Å². The highest BCUT2D eigenvalue weighted by Gasteiger charge is 2.34. The third-order valence-corrected chi connectivity index (χ3v) is 2.07. The van der Waals surface area contributed by atoms with Crippen LogP contribution in [-0.2, 0) is 5.88 Å². The summed E-state index contributed by atoms with van der Waals surface area (Å²) >= 11 is 5.44. The number of carbonyl (C=O) groups is 1. The Morgan fingerprint density at radius 3 is 2.59 bits per heavy atom. The Morgan fingerprint density at radius 2 is 2.18 bits per heavy atom. The Balaban J connectivity index is 3.35. The zero-order valence-corrected chi connectivity index (χ0v) is 9.30. The predicted molar refractivity (Wildman–Crippen MR) is 52.4 cm³/mol. The molecule has 8 heteroatoms. The zero-order chi connectivity index (χ0) is 13.1. The number of aromatic nitrogens is 1. The van der Waals surface area contributed by atoms with E-state index in [1.807, 2.05) is 0 Å². The lowest BCUT2D eigenvalue weighted by Crippen LogP contribution is -2.19. The fourth-order valence-electron chi connectivity index (χ4n) is 1.13. The third-order valence-electron chi connectivity index (χ3n) is 1.78. The molecular formula is C9H7ClF3NO3. The minimum absolute atomic E-state index is 0.0492. The van der Waals surface area contributed by atoms with E-state index in [1.54, 1.807) is 0 Å². The van der Waals surface area contributed by atoms with Crippen molar-refractivity contribution in [3.63, 3.8) is 0 Å². The van der Waals surface area contributed by atoms with Gasteiger partial charge in [0.15, 0.2) is 12.0 Å². The highest BCUT2D eigenvalue weighted by Crippen LogP contribution is 2.33. The highest BCUT2D eigenvalue weighted by atomic mass is 35.5. The SMILES string of the molecule is COc1ncc(CCl)c(OC(F)(F)F)c1C=O. The molecule has 17 heavy (non-hydrogen) atoms. The number of rotatable bonds is 4. The second kappa shape index (κ2) is 5.22. The molecule has 0 aliphatic heterocycles. The number of halogens is 4. The number of hydrogen-bond acceptors (Lipinski definition) is 4. The fourth-order valence-corrected chi connectivity index (χ4v) is 1.32. The van der Waals surface area contributed by atoms with Crippen LogP contribution in [0.4, 0.5) is 13.2 Å². The first-order valence-corrected chi connectivity index (χ1v) is 4.79. The molecule has 0 spiro atoms. The van der Waals surface area contributed by atoms with Crippen molar-refractivity contribution < 1.29 is 27.4 Å². The number of hydrogen-bond donors (Lipinski definition) is 0. The summed E-state index contributed by atoms with van der Waals surface area (Å²) in [5.41, 5.74) is -0.477. The van der Waals surface area contributed by atoms with Gasteiger partial charge in [0.1, 0.15) is 5.56 Å². The molecule has 0 saturated carbocycles. The monoisotopic (exact) mass is 269 g/mol. The average molecular weight is 270 g/mol. The second-order valence-electron chi connectivity index (χ2n) is 2.83. The van der Waals surface area contributed by atoms with Gasteiger partial charge in [-0.3, -0.25) is 4.79 Å². The minimum atomic E-state index is -4.93. The van der Waals surface area contributed by atoms with Crippen LogP contribution in [0.2, 0.25) is 0 Å². The van der Waals surface area contributed by atoms with E-state index in [-0.39, 0.29) is 23.6 Å². The van der Waals surface area contributed by atoms with Gasteiger partial charge in [-0.05, 0) is 0 Å². The van der Waals surface area contributed by atoms with Gasteiger partial charge in [-0.25, -0.2) is 4.98 Å². The van der Waals surface area contributed by atoms with Crippen LogP contribution >= 0.6 is 11.6 Å². The molecule has 0 amide bonds. The summed E-state index contributed by atoms with van der Waals surface area (Å²) in [6.45, 7) is 0. The van der Waals surface area contributed by atoms with E-state index < -0.39 is 17.7 Å². The van der Waals surface area contributed by atoms with Gasteiger partial charge in [0.05, 0.1) is 13.0 Å². The fraction of sp³-hybridized carbons (Fsp3) is 0.333. The smallest absolute Gasteiger partial charge is 0.480 e. The lowest BCUT2D eigenvalue weighted by molar-refractivity contribution is -0.275. The van der Waals surface area contributed by atoms with Crippen LogP contribution in [0, 0.1) is 0 Å². The number of pyridine rings is 1. The summed E-state index contributed by atoms with van der Waals surface area (Å²) in [5, 5.41) is 0. The highest BCUT2D eigenvalue weighted by molar-refractivity contribution is 6.17. The van der Waals surface area contributed by atoms with Gasteiger partial charge >= 0.3 is 6.36 Å². The first-order valence-electron chi connectivity index (χ1n) is 4.25. The van der Waals surface area contributed by atoms with Crippen molar-refractivity contribution in [3.8, 4) is 11.6 Å². The number of nitrogens with zero attached hydrogens (tertiary/aromatic N) is 1. The molecule has 94 valence electrons. The standard InChI is InChI=1S/C9H7ClF3NO3/c1-16-8-6(4-15)7(17-9(11,12)13)5(2-10)3-14-8/h3-4H,2H2,1H3. The molecular weight excluding hydrogens is 263 g/mol. The number of carbonyl (C=O) groups excluding carboxylic acids is 1. The number of methoxy groups -OCH3 is 1. The van der Waals surface area contributed by atoms with Gasteiger partial charge < -0.3 is 9.47 Å². The summed E-state index contributed by atoms with van der Waals surface area (Å²) in [6, 6.07) is 0. The molecule has 1 aromatic rings. The molecule has 0 atom stereocenters. The van der Waals surface area contributed by atoms with Crippen LogP contribution in [0.5, 0.6) is 11.6 Å². The van der Waals surface area contributed by atoms with Crippen molar-refractivity contribution in [3.05, 3.63) is 17.3 Å². The Hall–Kier alpha value is -1.50. The molecule has 0 radical (unpaired) electrons. The van der Waals surface area contributed by atoms with Crippen molar-refractivity contribution >= 4 is 17.9 Å². The number of alkyl halides is 4. The van der Waals surface area contributed by atoms with Crippen LogP contribution in [0.25, 0.3) is 0 Å². The van der Waals surface area contributed by atoms with E-state index in [4.69, 9.17) is 11.6 Å². The molecule has 0 fully saturated rings. The van der Waals surface area contributed by atoms with E-state index >= 15 is 0 Å². The summed E-state index contributed by atoms with van der Waals surface area (Å²) in [4.78, 5) is 14.4. The lowest BCUT2D eigenvalue weighted by Gasteiger charge is -2.15. The van der Waals surface area contributed by atoms with E-state index in [0.717, 1.165) is 6.20 Å². The molecule has 0 aliphatic rings. The maximum absolute atomic E-state index is 12.2. The zero-order valence-electron chi connectivity index (χ0n) is 8.55.